The van der Waals surface area contributed by atoms with Crippen molar-refractivity contribution in [3.63, 3.8) is 0 Å². The number of benzene rings is 2. The molecular weight excluding hydrogens is 610 g/mol. The second-order valence-corrected chi connectivity index (χ2v) is 13.0. The highest BCUT2D eigenvalue weighted by atomic mass is 32.2. The van der Waals surface area contributed by atoms with Gasteiger partial charge in [0.1, 0.15) is 28.1 Å². The van der Waals surface area contributed by atoms with E-state index in [2.05, 4.69) is 4.98 Å². The van der Waals surface area contributed by atoms with E-state index in [0.29, 0.717) is 45.8 Å². The molecule has 2 N–H and O–H groups in total. The third kappa shape index (κ3) is 6.07. The number of nitrogens with two attached hydrogens (primary N) is 1. The number of rotatable bonds is 10. The molecule has 0 atom stereocenters. The van der Waals surface area contributed by atoms with Gasteiger partial charge < -0.3 is 9.15 Å². The van der Waals surface area contributed by atoms with Gasteiger partial charge in [0.25, 0.3) is 0 Å². The number of thiazole rings is 1. The Morgan fingerprint density at radius 1 is 1.14 bits per heavy atom. The quantitative estimate of drug-likeness (QED) is 0.180. The monoisotopic (exact) mass is 638 g/mol. The summed E-state index contributed by atoms with van der Waals surface area (Å²) in [6, 6.07) is 11.8. The topological polar surface area (TPSA) is 130 Å². The number of carbonyl (C=O) groups excluding carboxylic acids is 1. The number of carbonyl (C=O) groups is 1. The molecule has 13 heteroatoms. The third-order valence-corrected chi connectivity index (χ3v) is 9.12. The SMILES string of the molecule is CCOC(=O)c1csc(-n2nc(-c3ccc(F)c(-c4ccc(C)o4)c3)c(Cc3ccc(S(N)(=O)=O)c(F)c3)c2CC2CC2)n1. The molecule has 0 saturated heterocycles. The number of aromatic nitrogens is 3. The maximum absolute atomic E-state index is 15.0. The first-order valence-electron chi connectivity index (χ1n) is 13.9. The summed E-state index contributed by atoms with van der Waals surface area (Å²) < 4.78 is 66.1. The number of hydrogen-bond acceptors (Lipinski definition) is 8. The Labute approximate surface area is 256 Å². The van der Waals surface area contributed by atoms with Crippen LogP contribution in [0, 0.1) is 24.5 Å². The fourth-order valence-electron chi connectivity index (χ4n) is 5.06. The summed E-state index contributed by atoms with van der Waals surface area (Å²) in [7, 11) is -4.24. The molecular formula is C31H28F2N4O5S2. The van der Waals surface area contributed by atoms with Crippen LogP contribution in [0.1, 0.15) is 52.8 Å². The van der Waals surface area contributed by atoms with Gasteiger partial charge in [0.2, 0.25) is 15.2 Å². The minimum absolute atomic E-state index is 0.153. The normalized spacial score (nSPS) is 13.4. The average Bonchev–Trinajstić information content (AvgIpc) is 3.31. The second-order valence-electron chi connectivity index (χ2n) is 10.7. The maximum atomic E-state index is 15.0. The summed E-state index contributed by atoms with van der Waals surface area (Å²) in [5, 5.41) is 12.2. The molecule has 2 aromatic carbocycles. The van der Waals surface area contributed by atoms with E-state index in [9.17, 15) is 17.6 Å². The predicted octanol–water partition coefficient (Wildman–Crippen LogP) is 6.21. The van der Waals surface area contributed by atoms with Gasteiger partial charge in [0, 0.05) is 22.9 Å². The van der Waals surface area contributed by atoms with Crippen molar-refractivity contribution in [3.8, 4) is 27.7 Å². The van der Waals surface area contributed by atoms with Gasteiger partial charge in [-0.1, -0.05) is 6.07 Å². The molecule has 1 aliphatic carbocycles. The van der Waals surface area contributed by atoms with Crippen LogP contribution in [0.2, 0.25) is 0 Å². The molecule has 1 aliphatic rings. The zero-order valence-electron chi connectivity index (χ0n) is 23.8. The molecule has 0 radical (unpaired) electrons. The van der Waals surface area contributed by atoms with Gasteiger partial charge in [-0.25, -0.2) is 36.8 Å². The second kappa shape index (κ2) is 11.7. The molecule has 0 spiro atoms. The molecule has 9 nitrogen and oxygen atoms in total. The van der Waals surface area contributed by atoms with E-state index < -0.39 is 32.5 Å². The van der Waals surface area contributed by atoms with Gasteiger partial charge in [0.15, 0.2) is 5.69 Å². The van der Waals surface area contributed by atoms with Crippen LogP contribution in [0.15, 0.2) is 63.2 Å². The summed E-state index contributed by atoms with van der Waals surface area (Å²) in [5.74, 6) is -0.583. The molecule has 3 aromatic heterocycles. The first-order valence-corrected chi connectivity index (χ1v) is 16.4. The van der Waals surface area contributed by atoms with Gasteiger partial charge in [-0.3, -0.25) is 0 Å². The highest BCUT2D eigenvalue weighted by Gasteiger charge is 2.30. The standard InChI is InChI=1S/C31H28F2N4O5S2/c1-3-41-30(38)25-16-43-31(35-25)37-26(14-18-5-6-18)22(12-19-7-11-28(24(33)13-19)44(34,39)40)29(36-37)20-8-9-23(32)21(15-20)27-10-4-17(2)42-27/h4,7-11,13,15-16,18H,3,5-6,12,14H2,1-2H3,(H2,34,39,40). The van der Waals surface area contributed by atoms with Crippen LogP contribution < -0.4 is 5.14 Å². The van der Waals surface area contributed by atoms with Gasteiger partial charge in [-0.05, 0) is 87.1 Å². The molecule has 228 valence electrons. The lowest BCUT2D eigenvalue weighted by Gasteiger charge is -2.10. The van der Waals surface area contributed by atoms with Crippen LogP contribution in [0.25, 0.3) is 27.7 Å². The Hall–Kier alpha value is -4.20. The van der Waals surface area contributed by atoms with Gasteiger partial charge in [-0.2, -0.15) is 5.10 Å². The fourth-order valence-corrected chi connectivity index (χ4v) is 6.41. The summed E-state index contributed by atoms with van der Waals surface area (Å²) in [6.07, 6.45) is 2.88. The molecule has 0 amide bonds. The lowest BCUT2D eigenvalue weighted by Crippen LogP contribution is -2.14. The van der Waals surface area contributed by atoms with Crippen LogP contribution in [0.4, 0.5) is 8.78 Å². The number of ether oxygens (including phenoxy) is 1. The maximum Gasteiger partial charge on any atom is 0.357 e. The Bertz CT molecular complexity index is 1990. The highest BCUT2D eigenvalue weighted by Crippen LogP contribution is 2.39. The first kappa shape index (κ1) is 29.9. The van der Waals surface area contributed by atoms with Crippen LogP contribution in [-0.4, -0.2) is 35.8 Å². The van der Waals surface area contributed by atoms with Crippen molar-refractivity contribution in [1.82, 2.24) is 14.8 Å². The number of nitrogens with zero attached hydrogens (tertiary/aromatic N) is 3. The smallest absolute Gasteiger partial charge is 0.357 e. The molecule has 0 aliphatic heterocycles. The van der Waals surface area contributed by atoms with E-state index in [0.717, 1.165) is 36.2 Å². The largest absolute Gasteiger partial charge is 0.461 e. The summed E-state index contributed by atoms with van der Waals surface area (Å²) >= 11 is 1.23. The minimum atomic E-state index is -4.24. The number of sulfonamides is 1. The number of furan rings is 1. The zero-order chi connectivity index (χ0) is 31.2. The molecule has 6 rings (SSSR count). The van der Waals surface area contributed by atoms with Gasteiger partial charge in [0.05, 0.1) is 23.6 Å². The molecule has 5 aromatic rings. The summed E-state index contributed by atoms with van der Waals surface area (Å²) in [6.45, 7) is 3.69. The van der Waals surface area contributed by atoms with E-state index in [1.54, 1.807) is 48.2 Å². The van der Waals surface area contributed by atoms with Crippen molar-refractivity contribution in [2.45, 2.75) is 44.4 Å². The van der Waals surface area contributed by atoms with E-state index in [1.165, 1.54) is 23.5 Å². The van der Waals surface area contributed by atoms with Crippen molar-refractivity contribution in [2.24, 2.45) is 11.1 Å². The van der Waals surface area contributed by atoms with E-state index >= 15 is 4.39 Å². The van der Waals surface area contributed by atoms with Crippen LogP contribution in [-0.2, 0) is 27.6 Å². The van der Waals surface area contributed by atoms with E-state index in [-0.39, 0.29) is 24.3 Å². The Morgan fingerprint density at radius 2 is 1.93 bits per heavy atom. The van der Waals surface area contributed by atoms with Crippen molar-refractivity contribution >= 4 is 27.3 Å². The lowest BCUT2D eigenvalue weighted by atomic mass is 9.96. The molecule has 44 heavy (non-hydrogen) atoms. The molecule has 3 heterocycles. The van der Waals surface area contributed by atoms with Gasteiger partial charge >= 0.3 is 5.97 Å². The summed E-state index contributed by atoms with van der Waals surface area (Å²) in [5.41, 5.74) is 3.54. The first-order chi connectivity index (χ1) is 21.0. The van der Waals surface area contributed by atoms with Crippen LogP contribution in [0.3, 0.4) is 0 Å². The number of primary sulfonamides is 1. The average molecular weight is 639 g/mol. The molecule has 0 unspecified atom stereocenters. The van der Waals surface area contributed by atoms with Crippen LogP contribution >= 0.6 is 11.3 Å². The third-order valence-electron chi connectivity index (χ3n) is 7.36. The van der Waals surface area contributed by atoms with Crippen molar-refractivity contribution in [1.29, 1.82) is 0 Å². The Balaban J connectivity index is 1.53. The number of halogens is 2. The molecule has 1 fully saturated rings. The molecule has 0 bridgehead atoms. The zero-order valence-corrected chi connectivity index (χ0v) is 25.5. The van der Waals surface area contributed by atoms with Crippen molar-refractivity contribution in [3.05, 3.63) is 93.8 Å². The number of esters is 1. The van der Waals surface area contributed by atoms with Crippen molar-refractivity contribution < 1.29 is 31.1 Å². The number of hydrogen-bond donors (Lipinski definition) is 1. The minimum Gasteiger partial charge on any atom is -0.461 e. The highest BCUT2D eigenvalue weighted by molar-refractivity contribution is 7.89. The Morgan fingerprint density at radius 3 is 2.59 bits per heavy atom. The molecule has 1 saturated carbocycles. The lowest BCUT2D eigenvalue weighted by molar-refractivity contribution is 0.0520. The fraction of sp³-hybridized carbons (Fsp3) is 0.258. The van der Waals surface area contributed by atoms with E-state index in [4.69, 9.17) is 19.4 Å². The number of aryl methyl sites for hydroxylation is 1. The summed E-state index contributed by atoms with van der Waals surface area (Å²) in [4.78, 5) is 16.3. The van der Waals surface area contributed by atoms with Crippen molar-refractivity contribution in [2.75, 3.05) is 6.61 Å². The van der Waals surface area contributed by atoms with E-state index in [1.807, 2.05) is 0 Å². The van der Waals surface area contributed by atoms with Gasteiger partial charge in [-0.15, -0.1) is 11.3 Å². The Kier molecular flexibility index (Phi) is 7.95. The predicted molar refractivity (Wildman–Crippen MR) is 160 cm³/mol. The van der Waals surface area contributed by atoms with Crippen LogP contribution in [0.5, 0.6) is 0 Å².